The van der Waals surface area contributed by atoms with Crippen LogP contribution in [-0.4, -0.2) is 15.0 Å². The van der Waals surface area contributed by atoms with Crippen molar-refractivity contribution in [3.8, 4) is 22.4 Å². The number of pyridine rings is 3. The molecule has 0 N–H and O–H groups in total. The fourth-order valence-corrected chi connectivity index (χ4v) is 12.6. The third-order valence-corrected chi connectivity index (χ3v) is 15.6. The molecule has 2 unspecified atom stereocenters. The average Bonchev–Trinajstić information content (AvgIpc) is 3.71. The number of para-hydroxylation sites is 1. The Hall–Kier alpha value is -8.79. The number of allylic oxidation sites excluding steroid dienone is 14. The molecule has 2 atom stereocenters. The highest BCUT2D eigenvalue weighted by atomic mass is 14.7. The molecule has 0 saturated heterocycles. The van der Waals surface area contributed by atoms with Gasteiger partial charge in [-0.2, -0.15) is 0 Å². The lowest BCUT2D eigenvalue weighted by Crippen LogP contribution is -2.29. The first-order valence-corrected chi connectivity index (χ1v) is 24.0. The highest BCUT2D eigenvalue weighted by molar-refractivity contribution is 6.14. The van der Waals surface area contributed by atoms with E-state index in [1.807, 2.05) is 24.5 Å². The predicted octanol–water partition coefficient (Wildman–Crippen LogP) is 15.5. The molecule has 320 valence electrons. The van der Waals surface area contributed by atoms with Crippen LogP contribution in [0.5, 0.6) is 0 Å². The molecular formula is C66H41N3. The van der Waals surface area contributed by atoms with Crippen LogP contribution < -0.4 is 0 Å². The van der Waals surface area contributed by atoms with Gasteiger partial charge in [0.15, 0.2) is 0 Å². The largest absolute Gasteiger partial charge is 0.254 e. The zero-order valence-corrected chi connectivity index (χ0v) is 37.5. The Morgan fingerprint density at radius 2 is 1.12 bits per heavy atom. The number of aromatic nitrogens is 3. The molecule has 3 nitrogen and oxygen atoms in total. The Kier molecular flexibility index (Phi) is 8.11. The van der Waals surface area contributed by atoms with Gasteiger partial charge in [-0.1, -0.05) is 188 Å². The van der Waals surface area contributed by atoms with Crippen molar-refractivity contribution < 1.29 is 0 Å². The van der Waals surface area contributed by atoms with E-state index in [0.29, 0.717) is 0 Å². The summed E-state index contributed by atoms with van der Waals surface area (Å²) in [5.74, 6) is 0.492. The zero-order valence-electron chi connectivity index (χ0n) is 37.5. The third kappa shape index (κ3) is 5.47. The monoisotopic (exact) mass is 875 g/mol. The lowest BCUT2D eigenvalue weighted by atomic mass is 9.61. The van der Waals surface area contributed by atoms with Gasteiger partial charge in [-0.15, -0.1) is 0 Å². The van der Waals surface area contributed by atoms with Gasteiger partial charge in [-0.25, -0.2) is 4.98 Å². The predicted molar refractivity (Wildman–Crippen MR) is 283 cm³/mol. The second-order valence-corrected chi connectivity index (χ2v) is 19.0. The normalized spacial score (nSPS) is 18.1. The molecule has 10 aromatic rings. The van der Waals surface area contributed by atoms with Crippen LogP contribution >= 0.6 is 0 Å². The van der Waals surface area contributed by atoms with Crippen LogP contribution in [0.2, 0.25) is 0 Å². The fraction of sp³-hybridized carbons (Fsp3) is 0.0455. The molecule has 0 spiro atoms. The Morgan fingerprint density at radius 3 is 1.96 bits per heavy atom. The minimum absolute atomic E-state index is 0.240. The summed E-state index contributed by atoms with van der Waals surface area (Å²) in [4.78, 5) is 15.0. The molecule has 0 saturated carbocycles. The minimum Gasteiger partial charge on any atom is -0.254 e. The summed E-state index contributed by atoms with van der Waals surface area (Å²) in [5.41, 5.74) is 22.5. The average molecular weight is 876 g/mol. The summed E-state index contributed by atoms with van der Waals surface area (Å²) in [6, 6.07) is 64.5. The maximum Gasteiger partial charge on any atom is 0.0970 e. The lowest BCUT2D eigenvalue weighted by Gasteiger charge is -2.42. The minimum atomic E-state index is -0.482. The molecule has 0 amide bonds. The molecule has 3 heterocycles. The summed E-state index contributed by atoms with van der Waals surface area (Å²) >= 11 is 0. The van der Waals surface area contributed by atoms with Crippen molar-refractivity contribution in [1.82, 2.24) is 15.0 Å². The molecule has 3 heteroatoms. The van der Waals surface area contributed by atoms with Crippen molar-refractivity contribution in [2.24, 2.45) is 11.8 Å². The first kappa shape index (κ1) is 38.3. The van der Waals surface area contributed by atoms with Gasteiger partial charge in [-0.3, -0.25) is 9.97 Å². The van der Waals surface area contributed by atoms with Gasteiger partial charge in [0.25, 0.3) is 0 Å². The van der Waals surface area contributed by atoms with E-state index < -0.39 is 5.41 Å². The quantitative estimate of drug-likeness (QED) is 0.162. The van der Waals surface area contributed by atoms with Crippen molar-refractivity contribution in [1.29, 1.82) is 0 Å². The molecule has 0 radical (unpaired) electrons. The standard InChI is InChI=1S/C66H41N3/c1-3-14-47(15-4-1)66(48-16-5-2-6-17-48)58-21-9-7-18-50(58)56-38-57-55(39-59(56)66)51-19-8-10-22-60(51)69-63(57)42-26-23-40(24-27-42)46-35-43-28-25-41-29-31-49(52-32-30-44(36-46)61(43)62(41)52)54-37-45-13-11-33-67-64(45)65-53(54)20-12-34-68-65/h1-39,61-62H. The summed E-state index contributed by atoms with van der Waals surface area (Å²) in [5, 5.41) is 5.77. The highest BCUT2D eigenvalue weighted by Crippen LogP contribution is 2.58. The molecule has 0 fully saturated rings. The van der Waals surface area contributed by atoms with E-state index in [9.17, 15) is 0 Å². The Balaban J connectivity index is 0.848. The molecular weight excluding hydrogens is 835 g/mol. The maximum atomic E-state index is 5.46. The number of benzene rings is 7. The summed E-state index contributed by atoms with van der Waals surface area (Å²) in [6.45, 7) is 0. The van der Waals surface area contributed by atoms with E-state index in [1.165, 1.54) is 83.3 Å². The SMILES string of the molecule is C1=CC2=CC=C(c3cc4cccnc4c4ncccc34)C3=CC=C4C=C(c5ccc(-c6nc7ccccc7c7cc8c(cc67)-c6ccccc6C8(c6ccccc6)c6ccccc6)cc5)C=C1C4C23. The molecule has 5 aliphatic rings. The zero-order chi connectivity index (χ0) is 45.2. The van der Waals surface area contributed by atoms with E-state index in [1.54, 1.807) is 0 Å². The first-order chi connectivity index (χ1) is 34.2. The highest BCUT2D eigenvalue weighted by Gasteiger charge is 2.46. The summed E-state index contributed by atoms with van der Waals surface area (Å²) in [7, 11) is 0. The van der Waals surface area contributed by atoms with Crippen molar-refractivity contribution in [2.45, 2.75) is 5.41 Å². The van der Waals surface area contributed by atoms with E-state index in [2.05, 4.69) is 212 Å². The van der Waals surface area contributed by atoms with Gasteiger partial charge in [0.2, 0.25) is 0 Å². The Labute approximate surface area is 399 Å². The molecule has 7 aromatic carbocycles. The Morgan fingerprint density at radius 1 is 0.420 bits per heavy atom. The van der Waals surface area contributed by atoms with Gasteiger partial charge in [-0.05, 0) is 120 Å². The molecule has 0 aliphatic heterocycles. The summed E-state index contributed by atoms with van der Waals surface area (Å²) < 4.78 is 0. The van der Waals surface area contributed by atoms with Crippen LogP contribution in [0.3, 0.4) is 0 Å². The van der Waals surface area contributed by atoms with Crippen LogP contribution in [0.15, 0.2) is 259 Å². The third-order valence-electron chi connectivity index (χ3n) is 15.6. The van der Waals surface area contributed by atoms with Crippen molar-refractivity contribution in [2.75, 3.05) is 0 Å². The van der Waals surface area contributed by atoms with Crippen molar-refractivity contribution in [3.63, 3.8) is 0 Å². The second-order valence-electron chi connectivity index (χ2n) is 19.0. The van der Waals surface area contributed by atoms with Gasteiger partial charge in [0.1, 0.15) is 0 Å². The van der Waals surface area contributed by atoms with Crippen molar-refractivity contribution in [3.05, 3.63) is 293 Å². The Bertz CT molecular complexity index is 4070. The molecule has 5 aliphatic carbocycles. The van der Waals surface area contributed by atoms with Crippen LogP contribution in [0.25, 0.3) is 77.0 Å². The smallest absolute Gasteiger partial charge is 0.0970 e. The van der Waals surface area contributed by atoms with Gasteiger partial charge >= 0.3 is 0 Å². The number of hydrogen-bond donors (Lipinski definition) is 0. The molecule has 69 heavy (non-hydrogen) atoms. The van der Waals surface area contributed by atoms with E-state index in [-0.39, 0.29) is 11.8 Å². The number of fused-ring (bicyclic) bond motifs is 9. The first-order valence-electron chi connectivity index (χ1n) is 24.0. The number of hydrogen-bond acceptors (Lipinski definition) is 3. The second kappa shape index (κ2) is 14.6. The molecule has 3 aromatic heterocycles. The lowest BCUT2D eigenvalue weighted by molar-refractivity contribution is 0.568. The van der Waals surface area contributed by atoms with Crippen LogP contribution in [0, 0.1) is 11.8 Å². The van der Waals surface area contributed by atoms with Crippen LogP contribution in [0.4, 0.5) is 0 Å². The number of rotatable bonds is 5. The molecule has 0 bridgehead atoms. The fourth-order valence-electron chi connectivity index (χ4n) is 12.6. The van der Waals surface area contributed by atoms with E-state index >= 15 is 0 Å². The molecule has 15 rings (SSSR count). The van der Waals surface area contributed by atoms with E-state index in [4.69, 9.17) is 15.0 Å². The van der Waals surface area contributed by atoms with Crippen LogP contribution in [-0.2, 0) is 5.41 Å². The maximum absolute atomic E-state index is 5.46. The van der Waals surface area contributed by atoms with Gasteiger partial charge in [0, 0.05) is 51.3 Å². The topological polar surface area (TPSA) is 38.7 Å². The van der Waals surface area contributed by atoms with Gasteiger partial charge < -0.3 is 0 Å². The van der Waals surface area contributed by atoms with Crippen molar-refractivity contribution >= 4 is 54.6 Å². The summed E-state index contributed by atoms with van der Waals surface area (Å²) in [6.07, 6.45) is 22.6. The van der Waals surface area contributed by atoms with E-state index in [0.717, 1.165) is 49.4 Å². The van der Waals surface area contributed by atoms with Gasteiger partial charge in [0.05, 0.1) is 27.7 Å². The number of nitrogens with zero attached hydrogens (tertiary/aromatic N) is 3. The van der Waals surface area contributed by atoms with Crippen LogP contribution in [0.1, 0.15) is 33.4 Å².